The number of nitrogens with zero attached hydrogens (tertiary/aromatic N) is 1. The second kappa shape index (κ2) is 5.86. The van der Waals surface area contributed by atoms with Crippen molar-refractivity contribution in [2.45, 2.75) is 20.4 Å². The van der Waals surface area contributed by atoms with Gasteiger partial charge in [-0.05, 0) is 26.0 Å². The van der Waals surface area contributed by atoms with E-state index in [1.165, 1.54) is 6.07 Å². The average molecular weight is 278 g/mol. The Morgan fingerprint density at radius 2 is 2.10 bits per heavy atom. The molecule has 0 saturated heterocycles. The van der Waals surface area contributed by atoms with E-state index in [2.05, 4.69) is 0 Å². The normalized spacial score (nSPS) is 10.6. The molecule has 4 nitrogen and oxygen atoms in total. The van der Waals surface area contributed by atoms with Crippen LogP contribution < -0.4 is 15.4 Å². The number of hydrogen-bond donors (Lipinski definition) is 1. The van der Waals surface area contributed by atoms with Crippen molar-refractivity contribution < 1.29 is 13.5 Å². The van der Waals surface area contributed by atoms with Crippen LogP contribution in [0.4, 0.5) is 15.8 Å². The Balaban J connectivity index is 2.24. The van der Waals surface area contributed by atoms with Crippen LogP contribution in [-0.4, -0.2) is 13.7 Å². The lowest BCUT2D eigenvalue weighted by atomic mass is 10.2. The lowest BCUT2D eigenvalue weighted by Crippen LogP contribution is -2.18. The van der Waals surface area contributed by atoms with Gasteiger partial charge in [-0.2, -0.15) is 0 Å². The number of furan rings is 1. The summed E-state index contributed by atoms with van der Waals surface area (Å²) in [6.07, 6.45) is 0. The Morgan fingerprint density at radius 3 is 2.70 bits per heavy atom. The van der Waals surface area contributed by atoms with E-state index in [0.717, 1.165) is 11.5 Å². The largest absolute Gasteiger partial charge is 0.491 e. The molecule has 0 atom stereocenters. The maximum atomic E-state index is 13.7. The molecule has 20 heavy (non-hydrogen) atoms. The van der Waals surface area contributed by atoms with Crippen LogP contribution in [0.2, 0.25) is 0 Å². The van der Waals surface area contributed by atoms with Crippen LogP contribution in [0.25, 0.3) is 0 Å². The lowest BCUT2D eigenvalue weighted by molar-refractivity contribution is 0.321. The summed E-state index contributed by atoms with van der Waals surface area (Å²) >= 11 is 0. The quantitative estimate of drug-likeness (QED) is 0.852. The summed E-state index contributed by atoms with van der Waals surface area (Å²) in [7, 11) is 1.87. The number of ether oxygens (including phenoxy) is 1. The van der Waals surface area contributed by atoms with E-state index in [1.807, 2.05) is 37.9 Å². The molecule has 1 heterocycles. The fourth-order valence-corrected chi connectivity index (χ4v) is 2.04. The van der Waals surface area contributed by atoms with Gasteiger partial charge in [-0.3, -0.25) is 0 Å². The number of halogens is 1. The van der Waals surface area contributed by atoms with Gasteiger partial charge in [0.15, 0.2) is 11.6 Å². The Bertz CT molecular complexity index is 596. The molecule has 0 aliphatic rings. The third kappa shape index (κ3) is 3.04. The van der Waals surface area contributed by atoms with Crippen LogP contribution >= 0.6 is 0 Å². The molecule has 0 saturated carbocycles. The van der Waals surface area contributed by atoms with E-state index in [9.17, 15) is 4.39 Å². The van der Waals surface area contributed by atoms with Crippen molar-refractivity contribution in [3.8, 4) is 5.75 Å². The molecule has 0 bridgehead atoms. The second-order valence-corrected chi connectivity index (χ2v) is 4.64. The summed E-state index contributed by atoms with van der Waals surface area (Å²) in [4.78, 5) is 1.90. The number of aryl methyl sites for hydroxylation is 1. The summed E-state index contributed by atoms with van der Waals surface area (Å²) < 4.78 is 24.5. The minimum absolute atomic E-state index is 0.208. The number of benzene rings is 1. The molecule has 0 spiro atoms. The van der Waals surface area contributed by atoms with Crippen molar-refractivity contribution in [1.29, 1.82) is 0 Å². The number of anilines is 2. The monoisotopic (exact) mass is 278 g/mol. The van der Waals surface area contributed by atoms with Gasteiger partial charge in [0, 0.05) is 19.2 Å². The van der Waals surface area contributed by atoms with Crippen molar-refractivity contribution in [2.24, 2.45) is 0 Å². The first kappa shape index (κ1) is 14.2. The summed E-state index contributed by atoms with van der Waals surface area (Å²) in [6.45, 7) is 4.66. The summed E-state index contributed by atoms with van der Waals surface area (Å²) in [5.74, 6) is 1.44. The molecular formula is C15H19FN2O2. The maximum Gasteiger partial charge on any atom is 0.167 e. The summed E-state index contributed by atoms with van der Waals surface area (Å²) in [6, 6.07) is 6.71. The third-order valence-electron chi connectivity index (χ3n) is 2.98. The first-order valence-electron chi connectivity index (χ1n) is 6.49. The van der Waals surface area contributed by atoms with Crippen LogP contribution in [-0.2, 0) is 6.54 Å². The zero-order valence-electron chi connectivity index (χ0n) is 11.9. The van der Waals surface area contributed by atoms with E-state index in [0.29, 0.717) is 24.5 Å². The molecule has 5 heteroatoms. The molecular weight excluding hydrogens is 259 g/mol. The molecule has 2 N–H and O–H groups in total. The number of hydrogen-bond acceptors (Lipinski definition) is 4. The van der Waals surface area contributed by atoms with Gasteiger partial charge in [-0.1, -0.05) is 0 Å². The summed E-state index contributed by atoms with van der Waals surface area (Å²) in [5, 5.41) is 0. The minimum atomic E-state index is -0.449. The van der Waals surface area contributed by atoms with Gasteiger partial charge < -0.3 is 19.8 Å². The Kier molecular flexibility index (Phi) is 4.17. The van der Waals surface area contributed by atoms with Crippen LogP contribution in [0.5, 0.6) is 5.75 Å². The van der Waals surface area contributed by atoms with Crippen LogP contribution in [0, 0.1) is 12.7 Å². The first-order valence-corrected chi connectivity index (χ1v) is 6.49. The molecule has 1 aromatic heterocycles. The van der Waals surface area contributed by atoms with Crippen LogP contribution in [0.1, 0.15) is 18.4 Å². The van der Waals surface area contributed by atoms with Gasteiger partial charge in [-0.25, -0.2) is 4.39 Å². The highest BCUT2D eigenvalue weighted by Gasteiger charge is 2.13. The van der Waals surface area contributed by atoms with E-state index < -0.39 is 5.82 Å². The van der Waals surface area contributed by atoms with Crippen molar-refractivity contribution in [3.05, 3.63) is 41.6 Å². The SMILES string of the molecule is CCOc1cc(N(C)Cc2ccc(C)o2)c(N)cc1F. The second-order valence-electron chi connectivity index (χ2n) is 4.64. The Hall–Kier alpha value is -2.17. The molecule has 0 aliphatic heterocycles. The molecule has 1 aromatic carbocycles. The molecule has 0 aliphatic carbocycles. The van der Waals surface area contributed by atoms with Gasteiger partial charge >= 0.3 is 0 Å². The molecule has 0 radical (unpaired) electrons. The Morgan fingerprint density at radius 1 is 1.35 bits per heavy atom. The van der Waals surface area contributed by atoms with Crippen molar-refractivity contribution in [3.63, 3.8) is 0 Å². The predicted molar refractivity (Wildman–Crippen MR) is 77.5 cm³/mol. The molecule has 2 aromatic rings. The smallest absolute Gasteiger partial charge is 0.167 e. The number of rotatable bonds is 5. The van der Waals surface area contributed by atoms with E-state index in [4.69, 9.17) is 14.9 Å². The van der Waals surface area contributed by atoms with Gasteiger partial charge in [0.25, 0.3) is 0 Å². The molecule has 0 unspecified atom stereocenters. The molecule has 0 amide bonds. The van der Waals surface area contributed by atoms with Crippen molar-refractivity contribution in [2.75, 3.05) is 24.3 Å². The first-order chi connectivity index (χ1) is 9.51. The third-order valence-corrected chi connectivity index (χ3v) is 2.98. The van der Waals surface area contributed by atoms with Crippen LogP contribution in [0.15, 0.2) is 28.7 Å². The lowest BCUT2D eigenvalue weighted by Gasteiger charge is -2.21. The maximum absolute atomic E-state index is 13.7. The zero-order chi connectivity index (χ0) is 14.7. The van der Waals surface area contributed by atoms with E-state index >= 15 is 0 Å². The fraction of sp³-hybridized carbons (Fsp3) is 0.333. The standard InChI is InChI=1S/C15H19FN2O2/c1-4-19-15-8-14(13(17)7-12(15)16)18(3)9-11-6-5-10(2)20-11/h5-8H,4,9,17H2,1-3H3. The predicted octanol–water partition coefficient (Wildman–Crippen LogP) is 3.34. The van der Waals surface area contributed by atoms with Crippen molar-refractivity contribution >= 4 is 11.4 Å². The van der Waals surface area contributed by atoms with E-state index in [1.54, 1.807) is 6.07 Å². The van der Waals surface area contributed by atoms with Gasteiger partial charge in [0.1, 0.15) is 11.5 Å². The fourth-order valence-electron chi connectivity index (χ4n) is 2.04. The minimum Gasteiger partial charge on any atom is -0.491 e. The highest BCUT2D eigenvalue weighted by molar-refractivity contribution is 5.69. The highest BCUT2D eigenvalue weighted by Crippen LogP contribution is 2.31. The van der Waals surface area contributed by atoms with Crippen LogP contribution in [0.3, 0.4) is 0 Å². The summed E-state index contributed by atoms with van der Waals surface area (Å²) in [5.41, 5.74) is 6.96. The topological polar surface area (TPSA) is 51.6 Å². The van der Waals surface area contributed by atoms with Gasteiger partial charge in [-0.15, -0.1) is 0 Å². The zero-order valence-corrected chi connectivity index (χ0v) is 11.9. The Labute approximate surface area is 117 Å². The van der Waals surface area contributed by atoms with Gasteiger partial charge in [0.05, 0.1) is 24.5 Å². The van der Waals surface area contributed by atoms with Crippen molar-refractivity contribution in [1.82, 2.24) is 0 Å². The molecule has 108 valence electrons. The highest BCUT2D eigenvalue weighted by atomic mass is 19.1. The number of nitrogen functional groups attached to an aromatic ring is 1. The molecule has 2 rings (SSSR count). The van der Waals surface area contributed by atoms with E-state index in [-0.39, 0.29) is 5.75 Å². The number of nitrogens with two attached hydrogens (primary N) is 1. The molecule has 0 fully saturated rings. The average Bonchev–Trinajstić information content (AvgIpc) is 2.78. The van der Waals surface area contributed by atoms with Gasteiger partial charge in [0.2, 0.25) is 0 Å².